The normalized spacial score (nSPS) is 16.2. The summed E-state index contributed by atoms with van der Waals surface area (Å²) in [5.41, 5.74) is 2.43. The molecule has 3 nitrogen and oxygen atoms in total. The lowest BCUT2D eigenvalue weighted by atomic mass is 10.1. The minimum Gasteiger partial charge on any atom is -0.481 e. The number of hydrogen-bond donors (Lipinski definition) is 1. The molecule has 5 heteroatoms. The number of aryl methyl sites for hydroxylation is 1. The van der Waals surface area contributed by atoms with Gasteiger partial charge in [-0.05, 0) is 42.2 Å². The third-order valence-electron chi connectivity index (χ3n) is 3.72. The zero-order valence-electron chi connectivity index (χ0n) is 11.8. The molecule has 22 heavy (non-hydrogen) atoms. The van der Waals surface area contributed by atoms with Crippen molar-refractivity contribution in [2.75, 3.05) is 6.61 Å². The Morgan fingerprint density at radius 2 is 2.14 bits per heavy atom. The fraction of sp³-hybridized carbons (Fsp3) is 0.235. The van der Waals surface area contributed by atoms with Gasteiger partial charge in [0.25, 0.3) is 5.91 Å². The average molecular weight is 364 g/mol. The van der Waals surface area contributed by atoms with Gasteiger partial charge in [-0.3, -0.25) is 4.79 Å². The van der Waals surface area contributed by atoms with Crippen LogP contribution in [0.2, 0.25) is 0 Å². The van der Waals surface area contributed by atoms with E-state index in [1.807, 2.05) is 18.2 Å². The summed E-state index contributed by atoms with van der Waals surface area (Å²) >= 11 is 3.18. The van der Waals surface area contributed by atoms with Crippen molar-refractivity contribution >= 4 is 21.8 Å². The van der Waals surface area contributed by atoms with Crippen LogP contribution in [0.5, 0.6) is 5.75 Å². The van der Waals surface area contributed by atoms with Crippen LogP contribution in [0.15, 0.2) is 46.9 Å². The quantitative estimate of drug-likeness (QED) is 0.897. The maximum absolute atomic E-state index is 13.6. The molecule has 0 radical (unpaired) electrons. The number of carbonyl (C=O) groups is 1. The van der Waals surface area contributed by atoms with Crippen molar-refractivity contribution in [1.29, 1.82) is 0 Å². The minimum atomic E-state index is -0.492. The SMILES string of the molecule is O=C(COc1ccc(Br)cc1F)N[C@@H]1CCc2ccccc21. The zero-order chi connectivity index (χ0) is 15.5. The Labute approximate surface area is 136 Å². The van der Waals surface area contributed by atoms with Gasteiger partial charge in [-0.15, -0.1) is 0 Å². The number of benzene rings is 2. The highest BCUT2D eigenvalue weighted by atomic mass is 79.9. The summed E-state index contributed by atoms with van der Waals surface area (Å²) < 4.78 is 19.5. The summed E-state index contributed by atoms with van der Waals surface area (Å²) in [4.78, 5) is 12.0. The van der Waals surface area contributed by atoms with Crippen LogP contribution in [0.3, 0.4) is 0 Å². The molecule has 0 bridgehead atoms. The Morgan fingerprint density at radius 1 is 1.32 bits per heavy atom. The molecule has 2 aromatic rings. The van der Waals surface area contributed by atoms with E-state index in [0.29, 0.717) is 4.47 Å². The highest BCUT2D eigenvalue weighted by Crippen LogP contribution is 2.30. The van der Waals surface area contributed by atoms with Crippen LogP contribution in [0, 0.1) is 5.82 Å². The first-order valence-corrected chi connectivity index (χ1v) is 7.88. The van der Waals surface area contributed by atoms with Gasteiger partial charge in [0, 0.05) is 4.47 Å². The lowest BCUT2D eigenvalue weighted by Crippen LogP contribution is -2.31. The van der Waals surface area contributed by atoms with Crippen LogP contribution in [0.1, 0.15) is 23.6 Å². The van der Waals surface area contributed by atoms with E-state index in [1.165, 1.54) is 17.7 Å². The molecule has 3 rings (SSSR count). The fourth-order valence-electron chi connectivity index (χ4n) is 2.68. The number of ether oxygens (including phenoxy) is 1. The number of fused-ring (bicyclic) bond motifs is 1. The zero-order valence-corrected chi connectivity index (χ0v) is 13.4. The molecule has 0 aromatic heterocycles. The van der Waals surface area contributed by atoms with Crippen molar-refractivity contribution in [1.82, 2.24) is 5.32 Å². The third-order valence-corrected chi connectivity index (χ3v) is 4.21. The van der Waals surface area contributed by atoms with Gasteiger partial charge in [0.1, 0.15) is 0 Å². The molecular formula is C17H15BrFNO2. The van der Waals surface area contributed by atoms with Gasteiger partial charge in [-0.2, -0.15) is 0 Å². The molecule has 0 unspecified atom stereocenters. The first-order valence-electron chi connectivity index (χ1n) is 7.08. The molecule has 1 aliphatic carbocycles. The number of halogens is 2. The van der Waals surface area contributed by atoms with Gasteiger partial charge < -0.3 is 10.1 Å². The van der Waals surface area contributed by atoms with E-state index in [2.05, 4.69) is 27.3 Å². The van der Waals surface area contributed by atoms with Gasteiger partial charge in [-0.1, -0.05) is 40.2 Å². The second-order valence-corrected chi connectivity index (χ2v) is 6.14. The van der Waals surface area contributed by atoms with Gasteiger partial charge >= 0.3 is 0 Å². The topological polar surface area (TPSA) is 38.3 Å². The Morgan fingerprint density at radius 3 is 2.95 bits per heavy atom. The second-order valence-electron chi connectivity index (χ2n) is 5.22. The predicted molar refractivity (Wildman–Crippen MR) is 85.2 cm³/mol. The van der Waals surface area contributed by atoms with Gasteiger partial charge in [0.05, 0.1) is 6.04 Å². The van der Waals surface area contributed by atoms with Crippen LogP contribution in [-0.4, -0.2) is 12.5 Å². The van der Waals surface area contributed by atoms with Crippen molar-refractivity contribution in [2.24, 2.45) is 0 Å². The van der Waals surface area contributed by atoms with E-state index in [0.717, 1.165) is 18.4 Å². The van der Waals surface area contributed by atoms with Gasteiger partial charge in [-0.25, -0.2) is 4.39 Å². The predicted octanol–water partition coefficient (Wildman–Crippen LogP) is 3.77. The van der Waals surface area contributed by atoms with E-state index in [9.17, 15) is 9.18 Å². The molecule has 1 N–H and O–H groups in total. The average Bonchev–Trinajstić information content (AvgIpc) is 2.90. The van der Waals surface area contributed by atoms with E-state index >= 15 is 0 Å². The molecular weight excluding hydrogens is 349 g/mol. The van der Waals surface area contributed by atoms with Crippen LogP contribution < -0.4 is 10.1 Å². The summed E-state index contributed by atoms with van der Waals surface area (Å²) in [5, 5.41) is 2.94. The molecule has 0 aliphatic heterocycles. The Balaban J connectivity index is 1.57. The number of rotatable bonds is 4. The number of hydrogen-bond acceptors (Lipinski definition) is 2. The molecule has 2 aromatic carbocycles. The molecule has 0 heterocycles. The summed E-state index contributed by atoms with van der Waals surface area (Å²) in [6, 6.07) is 12.6. The standard InChI is InChI=1S/C17H15BrFNO2/c18-12-6-8-16(14(19)9-12)22-10-17(21)20-15-7-5-11-3-1-2-4-13(11)15/h1-4,6,8-9,15H,5,7,10H2,(H,20,21)/t15-/m1/s1. The Kier molecular flexibility index (Phi) is 4.43. The molecule has 0 spiro atoms. The lowest BCUT2D eigenvalue weighted by Gasteiger charge is -2.14. The van der Waals surface area contributed by atoms with Crippen LogP contribution in [-0.2, 0) is 11.2 Å². The molecule has 0 saturated carbocycles. The van der Waals surface area contributed by atoms with E-state index in [4.69, 9.17) is 4.74 Å². The number of amides is 1. The van der Waals surface area contributed by atoms with Crippen LogP contribution >= 0.6 is 15.9 Å². The highest BCUT2D eigenvalue weighted by Gasteiger charge is 2.23. The minimum absolute atomic E-state index is 0.0158. The smallest absolute Gasteiger partial charge is 0.258 e. The number of carbonyl (C=O) groups excluding carboxylic acids is 1. The highest BCUT2D eigenvalue weighted by molar-refractivity contribution is 9.10. The molecule has 1 atom stereocenters. The van der Waals surface area contributed by atoms with Crippen LogP contribution in [0.4, 0.5) is 4.39 Å². The first kappa shape index (κ1) is 15.0. The fourth-order valence-corrected chi connectivity index (χ4v) is 3.01. The van der Waals surface area contributed by atoms with Crippen molar-refractivity contribution in [2.45, 2.75) is 18.9 Å². The Hall–Kier alpha value is -1.88. The third kappa shape index (κ3) is 3.30. The van der Waals surface area contributed by atoms with Crippen molar-refractivity contribution in [3.63, 3.8) is 0 Å². The van der Waals surface area contributed by atoms with Gasteiger partial charge in [0.15, 0.2) is 18.2 Å². The van der Waals surface area contributed by atoms with Crippen molar-refractivity contribution in [3.05, 3.63) is 63.9 Å². The van der Waals surface area contributed by atoms with E-state index < -0.39 is 5.82 Å². The lowest BCUT2D eigenvalue weighted by molar-refractivity contribution is -0.123. The molecule has 0 fully saturated rings. The van der Waals surface area contributed by atoms with Gasteiger partial charge in [0.2, 0.25) is 0 Å². The Bertz CT molecular complexity index is 705. The second kappa shape index (κ2) is 6.48. The summed E-state index contributed by atoms with van der Waals surface area (Å²) in [6.45, 7) is -0.197. The summed E-state index contributed by atoms with van der Waals surface area (Å²) in [6.07, 6.45) is 1.85. The summed E-state index contributed by atoms with van der Waals surface area (Å²) in [7, 11) is 0. The summed E-state index contributed by atoms with van der Waals surface area (Å²) in [5.74, 6) is -0.664. The molecule has 114 valence electrons. The molecule has 1 amide bonds. The maximum Gasteiger partial charge on any atom is 0.258 e. The largest absolute Gasteiger partial charge is 0.481 e. The van der Waals surface area contributed by atoms with Crippen molar-refractivity contribution in [3.8, 4) is 5.75 Å². The molecule has 0 saturated heterocycles. The van der Waals surface area contributed by atoms with Crippen molar-refractivity contribution < 1.29 is 13.9 Å². The maximum atomic E-state index is 13.6. The molecule has 1 aliphatic rings. The number of nitrogens with one attached hydrogen (secondary N) is 1. The van der Waals surface area contributed by atoms with E-state index in [-0.39, 0.29) is 24.3 Å². The van der Waals surface area contributed by atoms with E-state index in [1.54, 1.807) is 6.07 Å². The monoisotopic (exact) mass is 363 g/mol. The van der Waals surface area contributed by atoms with Crippen LogP contribution in [0.25, 0.3) is 0 Å². The first-order chi connectivity index (χ1) is 10.6.